The average molecular weight is 285 g/mol. The molecule has 1 fully saturated rings. The number of carbonyl (C=O) groups excluding carboxylic acids is 1. The highest BCUT2D eigenvalue weighted by atomic mass is 35.5. The molecule has 0 aliphatic heterocycles. The molecule has 1 aromatic carbocycles. The summed E-state index contributed by atoms with van der Waals surface area (Å²) in [5.74, 6) is 1.33. The van der Waals surface area contributed by atoms with Gasteiger partial charge in [0.2, 0.25) is 0 Å². The van der Waals surface area contributed by atoms with Crippen LogP contribution in [0.4, 0.5) is 0 Å². The molecular formula is C15H18Cl2O. The largest absolute Gasteiger partial charge is 0.299 e. The quantitative estimate of drug-likeness (QED) is 0.769. The molecule has 0 atom stereocenters. The monoisotopic (exact) mass is 284 g/mol. The summed E-state index contributed by atoms with van der Waals surface area (Å²) in [5, 5.41) is 1.21. The Morgan fingerprint density at radius 1 is 1.22 bits per heavy atom. The van der Waals surface area contributed by atoms with Crippen LogP contribution >= 0.6 is 23.2 Å². The molecule has 0 radical (unpaired) electrons. The van der Waals surface area contributed by atoms with E-state index in [2.05, 4.69) is 6.92 Å². The topological polar surface area (TPSA) is 17.1 Å². The standard InChI is InChI=1S/C15H18Cl2O/c1-10-2-4-11(5-3-10)15(18)8-12-6-7-13(16)9-14(12)17/h6-7,9-11H,2-5,8H2,1H3. The Balaban J connectivity index is 1.98. The number of halogens is 2. The van der Waals surface area contributed by atoms with Crippen LogP contribution in [0.3, 0.4) is 0 Å². The van der Waals surface area contributed by atoms with Gasteiger partial charge in [0.1, 0.15) is 5.78 Å². The van der Waals surface area contributed by atoms with Gasteiger partial charge in [0.05, 0.1) is 0 Å². The first-order chi connectivity index (χ1) is 8.56. The van der Waals surface area contributed by atoms with E-state index in [1.54, 1.807) is 12.1 Å². The van der Waals surface area contributed by atoms with E-state index in [0.717, 1.165) is 24.3 Å². The third kappa shape index (κ3) is 3.49. The molecule has 1 saturated carbocycles. The van der Waals surface area contributed by atoms with Crippen LogP contribution in [0.1, 0.15) is 38.2 Å². The molecule has 0 saturated heterocycles. The van der Waals surface area contributed by atoms with Crippen LogP contribution < -0.4 is 0 Å². The molecule has 0 aromatic heterocycles. The Morgan fingerprint density at radius 2 is 1.89 bits per heavy atom. The van der Waals surface area contributed by atoms with Crippen molar-refractivity contribution in [3.05, 3.63) is 33.8 Å². The second-order valence-corrected chi connectivity index (χ2v) is 6.18. The van der Waals surface area contributed by atoms with Gasteiger partial charge in [-0.2, -0.15) is 0 Å². The van der Waals surface area contributed by atoms with Gasteiger partial charge >= 0.3 is 0 Å². The van der Waals surface area contributed by atoms with E-state index in [0.29, 0.717) is 22.2 Å². The number of hydrogen-bond donors (Lipinski definition) is 0. The minimum absolute atomic E-state index is 0.230. The van der Waals surface area contributed by atoms with Gasteiger partial charge in [0, 0.05) is 22.4 Å². The molecule has 0 bridgehead atoms. The first-order valence-electron chi connectivity index (χ1n) is 6.53. The van der Waals surface area contributed by atoms with Crippen molar-refractivity contribution in [3.63, 3.8) is 0 Å². The van der Waals surface area contributed by atoms with Crippen LogP contribution in [0.15, 0.2) is 18.2 Å². The molecule has 0 N–H and O–H groups in total. The summed E-state index contributed by atoms with van der Waals surface area (Å²) in [4.78, 5) is 12.2. The highest BCUT2D eigenvalue weighted by Crippen LogP contribution is 2.30. The predicted molar refractivity (Wildman–Crippen MR) is 76.3 cm³/mol. The Labute approximate surface area is 118 Å². The van der Waals surface area contributed by atoms with Gasteiger partial charge in [-0.1, -0.05) is 49.0 Å². The van der Waals surface area contributed by atoms with Gasteiger partial charge in [0.25, 0.3) is 0 Å². The van der Waals surface area contributed by atoms with E-state index >= 15 is 0 Å². The minimum Gasteiger partial charge on any atom is -0.299 e. The lowest BCUT2D eigenvalue weighted by atomic mass is 9.80. The van der Waals surface area contributed by atoms with Crippen molar-refractivity contribution in [1.82, 2.24) is 0 Å². The number of benzene rings is 1. The second-order valence-electron chi connectivity index (χ2n) is 5.34. The Kier molecular flexibility index (Phi) is 4.69. The van der Waals surface area contributed by atoms with Crippen molar-refractivity contribution in [2.75, 3.05) is 0 Å². The Bertz CT molecular complexity index is 434. The molecule has 1 aliphatic carbocycles. The van der Waals surface area contributed by atoms with E-state index in [4.69, 9.17) is 23.2 Å². The zero-order chi connectivity index (χ0) is 13.1. The maximum Gasteiger partial charge on any atom is 0.140 e. The van der Waals surface area contributed by atoms with Gasteiger partial charge in [-0.25, -0.2) is 0 Å². The van der Waals surface area contributed by atoms with Crippen LogP contribution in [-0.2, 0) is 11.2 Å². The Morgan fingerprint density at radius 3 is 2.50 bits per heavy atom. The maximum absolute atomic E-state index is 12.2. The van der Waals surface area contributed by atoms with Gasteiger partial charge in [0.15, 0.2) is 0 Å². The van der Waals surface area contributed by atoms with Crippen LogP contribution in [-0.4, -0.2) is 5.78 Å². The molecule has 18 heavy (non-hydrogen) atoms. The van der Waals surface area contributed by atoms with Crippen molar-refractivity contribution >= 4 is 29.0 Å². The zero-order valence-corrected chi connectivity index (χ0v) is 12.1. The SMILES string of the molecule is CC1CCC(C(=O)Cc2ccc(Cl)cc2Cl)CC1. The number of rotatable bonds is 3. The zero-order valence-electron chi connectivity index (χ0n) is 10.6. The van der Waals surface area contributed by atoms with Crippen LogP contribution in [0, 0.1) is 11.8 Å². The molecular weight excluding hydrogens is 267 g/mol. The molecule has 98 valence electrons. The fourth-order valence-corrected chi connectivity index (χ4v) is 3.05. The first-order valence-corrected chi connectivity index (χ1v) is 7.28. The average Bonchev–Trinajstić information content (AvgIpc) is 2.33. The number of carbonyl (C=O) groups is 1. The van der Waals surface area contributed by atoms with Gasteiger partial charge in [-0.05, 0) is 36.5 Å². The molecule has 0 amide bonds. The minimum atomic E-state index is 0.230. The number of hydrogen-bond acceptors (Lipinski definition) is 1. The molecule has 1 nitrogen and oxygen atoms in total. The van der Waals surface area contributed by atoms with E-state index in [1.807, 2.05) is 6.07 Å². The summed E-state index contributed by atoms with van der Waals surface area (Å²) in [6, 6.07) is 5.35. The lowest BCUT2D eigenvalue weighted by Gasteiger charge is -2.25. The van der Waals surface area contributed by atoms with Crippen LogP contribution in [0.2, 0.25) is 10.0 Å². The maximum atomic E-state index is 12.2. The van der Waals surface area contributed by atoms with Gasteiger partial charge in [-0.3, -0.25) is 4.79 Å². The molecule has 0 spiro atoms. The van der Waals surface area contributed by atoms with E-state index in [1.165, 1.54) is 12.8 Å². The predicted octanol–water partition coefficient (Wildman–Crippen LogP) is 4.93. The third-order valence-electron chi connectivity index (χ3n) is 3.85. The summed E-state index contributed by atoms with van der Waals surface area (Å²) < 4.78 is 0. The number of Topliss-reactive ketones (excluding diaryl/α,β-unsaturated/α-hetero) is 1. The summed E-state index contributed by atoms with van der Waals surface area (Å²) in [6.45, 7) is 2.26. The third-order valence-corrected chi connectivity index (χ3v) is 4.44. The van der Waals surface area contributed by atoms with Crippen molar-refractivity contribution in [1.29, 1.82) is 0 Å². The van der Waals surface area contributed by atoms with E-state index in [9.17, 15) is 4.79 Å². The smallest absolute Gasteiger partial charge is 0.140 e. The molecule has 0 heterocycles. The highest BCUT2D eigenvalue weighted by Gasteiger charge is 2.24. The van der Waals surface area contributed by atoms with E-state index < -0.39 is 0 Å². The van der Waals surface area contributed by atoms with Crippen molar-refractivity contribution in [2.45, 2.75) is 39.0 Å². The van der Waals surface area contributed by atoms with Crippen LogP contribution in [0.5, 0.6) is 0 Å². The lowest BCUT2D eigenvalue weighted by Crippen LogP contribution is -2.22. The van der Waals surface area contributed by atoms with Crippen molar-refractivity contribution < 1.29 is 4.79 Å². The summed E-state index contributed by atoms with van der Waals surface area (Å²) in [5.41, 5.74) is 0.893. The number of ketones is 1. The van der Waals surface area contributed by atoms with Crippen LogP contribution in [0.25, 0.3) is 0 Å². The summed E-state index contributed by atoms with van der Waals surface area (Å²) >= 11 is 11.9. The molecule has 1 aromatic rings. The van der Waals surface area contributed by atoms with E-state index in [-0.39, 0.29) is 5.92 Å². The fraction of sp³-hybridized carbons (Fsp3) is 0.533. The molecule has 2 rings (SSSR count). The Hall–Kier alpha value is -0.530. The van der Waals surface area contributed by atoms with Crippen molar-refractivity contribution in [2.24, 2.45) is 11.8 Å². The molecule has 3 heteroatoms. The lowest BCUT2D eigenvalue weighted by molar-refractivity contribution is -0.123. The summed E-state index contributed by atoms with van der Waals surface area (Å²) in [7, 11) is 0. The highest BCUT2D eigenvalue weighted by molar-refractivity contribution is 6.35. The molecule has 0 unspecified atom stereocenters. The first kappa shape index (κ1) is 13.9. The van der Waals surface area contributed by atoms with Gasteiger partial charge in [-0.15, -0.1) is 0 Å². The van der Waals surface area contributed by atoms with Crippen molar-refractivity contribution in [3.8, 4) is 0 Å². The second kappa shape index (κ2) is 6.08. The van der Waals surface area contributed by atoms with Gasteiger partial charge < -0.3 is 0 Å². The summed E-state index contributed by atoms with van der Waals surface area (Å²) in [6.07, 6.45) is 4.85. The fourth-order valence-electron chi connectivity index (χ4n) is 2.58. The normalized spacial score (nSPS) is 23.9. The molecule has 1 aliphatic rings.